The quantitative estimate of drug-likeness (QED) is 0.615. The number of carbonyl (C=O) groups is 1. The summed E-state index contributed by atoms with van der Waals surface area (Å²) in [4.78, 5) is 16.1. The van der Waals surface area contributed by atoms with Crippen LogP contribution in [0.2, 0.25) is 0 Å². The second-order valence-corrected chi connectivity index (χ2v) is 8.90. The zero-order valence-electron chi connectivity index (χ0n) is 19.7. The molecular weight excluding hydrogens is 465 g/mol. The van der Waals surface area contributed by atoms with Crippen LogP contribution >= 0.6 is 0 Å². The highest BCUT2D eigenvalue weighted by atomic mass is 19.4. The maximum absolute atomic E-state index is 13.1. The van der Waals surface area contributed by atoms with Crippen molar-refractivity contribution in [1.29, 1.82) is 0 Å². The van der Waals surface area contributed by atoms with Crippen LogP contribution in [0.1, 0.15) is 30.4 Å². The van der Waals surface area contributed by atoms with Gasteiger partial charge in [0.2, 0.25) is 0 Å². The number of benzene rings is 2. The highest BCUT2D eigenvalue weighted by Crippen LogP contribution is 2.37. The topological polar surface area (TPSA) is 71.5 Å². The number of amides is 1. The van der Waals surface area contributed by atoms with E-state index in [9.17, 15) is 23.1 Å². The van der Waals surface area contributed by atoms with Crippen LogP contribution in [0.5, 0.6) is 11.5 Å². The molecule has 1 N–H and O–H groups in total. The Hall–Kier alpha value is -2.98. The van der Waals surface area contributed by atoms with Crippen molar-refractivity contribution in [3.8, 4) is 11.5 Å². The first-order chi connectivity index (χ1) is 16.6. The largest absolute Gasteiger partial charge is 0.493 e. The molecule has 0 saturated carbocycles. The summed E-state index contributed by atoms with van der Waals surface area (Å²) in [7, 11) is 3.07. The van der Waals surface area contributed by atoms with Crippen molar-refractivity contribution < 1.29 is 37.3 Å². The number of methoxy groups -OCH3 is 2. The fourth-order valence-electron chi connectivity index (χ4n) is 4.62. The fourth-order valence-corrected chi connectivity index (χ4v) is 4.62. The first kappa shape index (κ1) is 25.1. The molecule has 10 heteroatoms. The van der Waals surface area contributed by atoms with Gasteiger partial charge in [-0.1, -0.05) is 12.1 Å². The molecule has 4 rings (SSSR count). The van der Waals surface area contributed by atoms with Crippen LogP contribution in [-0.2, 0) is 16.5 Å². The van der Waals surface area contributed by atoms with Gasteiger partial charge in [-0.2, -0.15) is 13.2 Å². The van der Waals surface area contributed by atoms with E-state index >= 15 is 0 Å². The van der Waals surface area contributed by atoms with Crippen LogP contribution in [0.15, 0.2) is 42.5 Å². The molecule has 0 spiro atoms. The second kappa shape index (κ2) is 9.94. The maximum atomic E-state index is 13.1. The van der Waals surface area contributed by atoms with Crippen LogP contribution in [0, 0.1) is 0 Å². The summed E-state index contributed by atoms with van der Waals surface area (Å²) in [6, 6.07) is 10.2. The average Bonchev–Trinajstić information content (AvgIpc) is 3.23. The Balaban J connectivity index is 1.31. The minimum atomic E-state index is -4.45. The van der Waals surface area contributed by atoms with Gasteiger partial charge in [0.15, 0.2) is 11.5 Å². The smallest absolute Gasteiger partial charge is 0.416 e. The molecule has 7 nitrogen and oxygen atoms in total. The van der Waals surface area contributed by atoms with Gasteiger partial charge in [0.25, 0.3) is 0 Å². The number of nitrogens with zero attached hydrogens (tertiary/aromatic N) is 2. The minimum absolute atomic E-state index is 0.292. The number of ether oxygens (including phenoxy) is 3. The summed E-state index contributed by atoms with van der Waals surface area (Å²) in [6.45, 7) is 2.12. The van der Waals surface area contributed by atoms with Gasteiger partial charge in [-0.05, 0) is 49.1 Å². The highest BCUT2D eigenvalue weighted by Gasteiger charge is 2.38. The van der Waals surface area contributed by atoms with Gasteiger partial charge >= 0.3 is 12.3 Å². The summed E-state index contributed by atoms with van der Waals surface area (Å²) in [5.41, 5.74) is -1.10. The first-order valence-electron chi connectivity index (χ1n) is 11.5. The molecule has 190 valence electrons. The zero-order chi connectivity index (χ0) is 25.2. The Morgan fingerprint density at radius 3 is 2.46 bits per heavy atom. The number of likely N-dealkylation sites (tertiary alicyclic amines) is 1. The van der Waals surface area contributed by atoms with Crippen molar-refractivity contribution in [2.45, 2.75) is 37.1 Å². The fraction of sp³-hybridized carbons (Fsp3) is 0.480. The molecule has 0 bridgehead atoms. The Morgan fingerprint density at radius 1 is 1.09 bits per heavy atom. The summed E-state index contributed by atoms with van der Waals surface area (Å²) in [6.07, 6.45) is -3.90. The third-order valence-electron chi connectivity index (χ3n) is 6.73. The van der Waals surface area contributed by atoms with Crippen LogP contribution in [0.3, 0.4) is 0 Å². The summed E-state index contributed by atoms with van der Waals surface area (Å²) >= 11 is 0. The van der Waals surface area contributed by atoms with E-state index in [0.29, 0.717) is 68.2 Å². The molecule has 2 fully saturated rings. The molecule has 1 unspecified atom stereocenters. The van der Waals surface area contributed by atoms with Crippen molar-refractivity contribution in [2.24, 2.45) is 0 Å². The second-order valence-electron chi connectivity index (χ2n) is 8.90. The third-order valence-corrected chi connectivity index (χ3v) is 6.73. The lowest BCUT2D eigenvalue weighted by molar-refractivity contribution is -0.137. The number of carbonyl (C=O) groups excluding carboxylic acids is 1. The van der Waals surface area contributed by atoms with Crippen molar-refractivity contribution in [3.63, 3.8) is 0 Å². The summed E-state index contributed by atoms with van der Waals surface area (Å²) < 4.78 is 55.3. The molecule has 1 atom stereocenters. The SMILES string of the molecule is COc1ccc(N2CC(CCN3CCC(O)(c4cccc(C(F)(F)F)c4)CC3)OC2=O)cc1OC. The van der Waals surface area contributed by atoms with Gasteiger partial charge in [-0.25, -0.2) is 4.79 Å². The van der Waals surface area contributed by atoms with E-state index in [2.05, 4.69) is 4.90 Å². The molecule has 0 aromatic heterocycles. The van der Waals surface area contributed by atoms with E-state index < -0.39 is 23.4 Å². The van der Waals surface area contributed by atoms with Crippen LogP contribution in [0.25, 0.3) is 0 Å². The summed E-state index contributed by atoms with van der Waals surface area (Å²) in [5.74, 6) is 1.08. The molecule has 2 heterocycles. The van der Waals surface area contributed by atoms with Crippen LogP contribution in [-0.4, -0.2) is 62.6 Å². The average molecular weight is 495 g/mol. The highest BCUT2D eigenvalue weighted by molar-refractivity contribution is 5.90. The predicted octanol–water partition coefficient (Wildman–Crippen LogP) is 4.42. The Morgan fingerprint density at radius 2 is 1.80 bits per heavy atom. The Labute approximate surface area is 202 Å². The molecular formula is C25H29F3N2O5. The molecule has 2 aliphatic rings. The third kappa shape index (κ3) is 5.48. The van der Waals surface area contributed by atoms with E-state index in [1.807, 2.05) is 0 Å². The molecule has 35 heavy (non-hydrogen) atoms. The number of aliphatic hydroxyl groups is 1. The van der Waals surface area contributed by atoms with Crippen molar-refractivity contribution >= 4 is 11.8 Å². The van der Waals surface area contributed by atoms with Gasteiger partial charge < -0.3 is 24.2 Å². The van der Waals surface area contributed by atoms with E-state index in [4.69, 9.17) is 14.2 Å². The zero-order valence-corrected chi connectivity index (χ0v) is 19.7. The van der Waals surface area contributed by atoms with Crippen molar-refractivity contribution in [3.05, 3.63) is 53.6 Å². The standard InChI is InChI=1S/C25H29F3N2O5/c1-33-21-7-6-19(15-22(21)34-2)30-16-20(35-23(30)31)8-11-29-12-9-24(32,10-13-29)17-4-3-5-18(14-17)25(26,27)28/h3-7,14-15,20,32H,8-13,16H2,1-2H3. The van der Waals surface area contributed by atoms with Crippen LogP contribution < -0.4 is 14.4 Å². The van der Waals surface area contributed by atoms with Crippen molar-refractivity contribution in [1.82, 2.24) is 4.90 Å². The van der Waals surface area contributed by atoms with Gasteiger partial charge in [0.05, 0.1) is 37.6 Å². The number of halogens is 3. The minimum Gasteiger partial charge on any atom is -0.493 e. The number of anilines is 1. The molecule has 0 aliphatic carbocycles. The van der Waals surface area contributed by atoms with E-state index in [1.54, 1.807) is 36.3 Å². The predicted molar refractivity (Wildman–Crippen MR) is 123 cm³/mol. The van der Waals surface area contributed by atoms with Crippen molar-refractivity contribution in [2.75, 3.05) is 45.3 Å². The molecule has 1 amide bonds. The van der Waals surface area contributed by atoms with Gasteiger partial charge in [0.1, 0.15) is 6.10 Å². The molecule has 0 radical (unpaired) electrons. The normalized spacial score (nSPS) is 20.6. The lowest BCUT2D eigenvalue weighted by Crippen LogP contribution is -2.43. The number of hydrogen-bond donors (Lipinski definition) is 1. The summed E-state index contributed by atoms with van der Waals surface area (Å²) in [5, 5.41) is 11.0. The van der Waals surface area contributed by atoms with Gasteiger partial charge in [0, 0.05) is 25.7 Å². The Kier molecular flexibility index (Phi) is 7.14. The van der Waals surface area contributed by atoms with E-state index in [-0.39, 0.29) is 6.10 Å². The Bertz CT molecular complexity index is 1050. The number of cyclic esters (lactones) is 1. The number of rotatable bonds is 7. The monoisotopic (exact) mass is 494 g/mol. The first-order valence-corrected chi connectivity index (χ1v) is 11.5. The lowest BCUT2D eigenvalue weighted by atomic mass is 9.83. The number of hydrogen-bond acceptors (Lipinski definition) is 6. The molecule has 2 saturated heterocycles. The van der Waals surface area contributed by atoms with Gasteiger partial charge in [-0.15, -0.1) is 0 Å². The maximum Gasteiger partial charge on any atom is 0.416 e. The van der Waals surface area contributed by atoms with Gasteiger partial charge in [-0.3, -0.25) is 4.90 Å². The number of alkyl halides is 3. The molecule has 2 aromatic carbocycles. The molecule has 2 aliphatic heterocycles. The number of piperidine rings is 1. The molecule has 2 aromatic rings. The van der Waals surface area contributed by atoms with Crippen LogP contribution in [0.4, 0.5) is 23.7 Å². The van der Waals surface area contributed by atoms with E-state index in [0.717, 1.165) is 12.1 Å². The lowest BCUT2D eigenvalue weighted by Gasteiger charge is -2.39. The van der Waals surface area contributed by atoms with E-state index in [1.165, 1.54) is 13.2 Å².